The minimum atomic E-state index is -0.869. The Balaban J connectivity index is 1.48. The summed E-state index contributed by atoms with van der Waals surface area (Å²) in [6.07, 6.45) is -0.628. The van der Waals surface area contributed by atoms with Gasteiger partial charge in [-0.05, 0) is 29.8 Å². The lowest BCUT2D eigenvalue weighted by molar-refractivity contribution is -0.119. The summed E-state index contributed by atoms with van der Waals surface area (Å²) in [6, 6.07) is 26.5. The molecule has 1 aromatic heterocycles. The molecule has 7 nitrogen and oxygen atoms in total. The van der Waals surface area contributed by atoms with E-state index >= 15 is 0 Å². The van der Waals surface area contributed by atoms with E-state index in [2.05, 4.69) is 21.6 Å². The van der Waals surface area contributed by atoms with Crippen LogP contribution in [0.25, 0.3) is 11.5 Å². The zero-order valence-electron chi connectivity index (χ0n) is 16.9. The van der Waals surface area contributed by atoms with Gasteiger partial charge in [0.15, 0.2) is 11.9 Å². The number of rotatable bonds is 4. The largest absolute Gasteiger partial charge is 0.403 e. The molecular weight excluding hydrogens is 402 g/mol. The molecule has 154 valence electrons. The van der Waals surface area contributed by atoms with Crippen molar-refractivity contribution in [3.63, 3.8) is 0 Å². The Morgan fingerprint density at radius 3 is 2.44 bits per heavy atom. The van der Waals surface area contributed by atoms with E-state index in [0.29, 0.717) is 11.1 Å². The quantitative estimate of drug-likeness (QED) is 0.536. The molecule has 0 bridgehead atoms. The van der Waals surface area contributed by atoms with Gasteiger partial charge in [0, 0.05) is 23.1 Å². The van der Waals surface area contributed by atoms with Gasteiger partial charge < -0.3 is 9.73 Å². The van der Waals surface area contributed by atoms with Crippen LogP contribution in [0, 0.1) is 11.3 Å². The summed E-state index contributed by atoms with van der Waals surface area (Å²) in [7, 11) is 0. The normalized spacial score (nSPS) is 15.3. The maximum Gasteiger partial charge on any atom is 0.317 e. The maximum absolute atomic E-state index is 13.0. The first kappa shape index (κ1) is 19.4. The van der Waals surface area contributed by atoms with Crippen LogP contribution >= 0.6 is 0 Å². The molecule has 0 spiro atoms. The van der Waals surface area contributed by atoms with Crippen molar-refractivity contribution in [2.24, 2.45) is 4.99 Å². The van der Waals surface area contributed by atoms with Crippen molar-refractivity contribution in [2.45, 2.75) is 12.6 Å². The summed E-state index contributed by atoms with van der Waals surface area (Å²) in [5.41, 5.74) is 4.73. The molecule has 2 heterocycles. The van der Waals surface area contributed by atoms with E-state index in [1.807, 2.05) is 54.6 Å². The van der Waals surface area contributed by atoms with Gasteiger partial charge >= 0.3 is 6.01 Å². The molecule has 0 amide bonds. The van der Waals surface area contributed by atoms with E-state index < -0.39 is 6.17 Å². The molecule has 1 aliphatic rings. The summed E-state index contributed by atoms with van der Waals surface area (Å²) >= 11 is 0. The number of carbonyl (C=O) groups excluding carboxylic acids is 1. The average molecular weight is 419 g/mol. The Morgan fingerprint density at radius 1 is 0.906 bits per heavy atom. The molecular formula is C25H17N5O2. The lowest BCUT2D eigenvalue weighted by Gasteiger charge is -2.11. The van der Waals surface area contributed by atoms with Crippen LogP contribution in [0.4, 0.5) is 6.01 Å². The van der Waals surface area contributed by atoms with E-state index in [4.69, 9.17) is 14.7 Å². The van der Waals surface area contributed by atoms with Crippen LogP contribution in [0.3, 0.4) is 0 Å². The van der Waals surface area contributed by atoms with Gasteiger partial charge in [0.2, 0.25) is 5.89 Å². The van der Waals surface area contributed by atoms with Crippen LogP contribution < -0.4 is 5.32 Å². The van der Waals surface area contributed by atoms with Gasteiger partial charge in [-0.15, -0.1) is 5.10 Å². The number of hydrogen-bond donors (Lipinski definition) is 1. The Hall–Kier alpha value is -4.57. The van der Waals surface area contributed by atoms with Crippen molar-refractivity contribution >= 4 is 17.5 Å². The Morgan fingerprint density at radius 2 is 1.66 bits per heavy atom. The Labute approximate surface area is 184 Å². The molecule has 1 aliphatic heterocycles. The van der Waals surface area contributed by atoms with Gasteiger partial charge in [-0.2, -0.15) is 5.26 Å². The zero-order valence-corrected chi connectivity index (χ0v) is 16.9. The minimum Gasteiger partial charge on any atom is -0.403 e. The standard InChI is InChI=1S/C25H17N5O2/c26-15-16-10-12-18(13-11-16)24-29-30-25(32-24)28-23-21(31)14-19-8-4-5-9-20(19)22(27-23)17-6-2-1-3-7-17/h1-13,23H,14H2,(H,28,30)/t23-/m1/s1. The molecule has 5 rings (SSSR count). The third kappa shape index (κ3) is 3.77. The Bertz CT molecular complexity index is 1350. The number of fused-ring (bicyclic) bond motifs is 1. The van der Waals surface area contributed by atoms with E-state index in [1.165, 1.54) is 0 Å². The fraction of sp³-hybridized carbons (Fsp3) is 0.0800. The van der Waals surface area contributed by atoms with Gasteiger partial charge in [0.25, 0.3) is 0 Å². The van der Waals surface area contributed by atoms with Crippen LogP contribution in [-0.4, -0.2) is 27.9 Å². The molecule has 0 aliphatic carbocycles. The van der Waals surface area contributed by atoms with E-state index in [-0.39, 0.29) is 24.1 Å². The van der Waals surface area contributed by atoms with Crippen molar-refractivity contribution in [3.8, 4) is 17.5 Å². The first-order valence-corrected chi connectivity index (χ1v) is 10.1. The predicted octanol–water partition coefficient (Wildman–Crippen LogP) is 4.01. The summed E-state index contributed by atoms with van der Waals surface area (Å²) in [6.45, 7) is 0. The number of aliphatic imine (C=N–C) groups is 1. The third-order valence-electron chi connectivity index (χ3n) is 5.19. The Kier molecular flexibility index (Phi) is 5.02. The SMILES string of the molecule is N#Cc1ccc(-c2nnc(N[C@H]3N=C(c4ccccc4)c4ccccc4CC3=O)o2)cc1. The number of Topliss-reactive ketones (excluding diaryl/α,β-unsaturated/α-hetero) is 1. The van der Waals surface area contributed by atoms with Crippen LogP contribution in [0.1, 0.15) is 22.3 Å². The first-order valence-electron chi connectivity index (χ1n) is 10.1. The number of anilines is 1. The molecule has 0 fully saturated rings. The third-order valence-corrected chi connectivity index (χ3v) is 5.19. The minimum absolute atomic E-state index is 0.0958. The second-order valence-corrected chi connectivity index (χ2v) is 7.29. The lowest BCUT2D eigenvalue weighted by Crippen LogP contribution is -2.29. The maximum atomic E-state index is 13.0. The van der Waals surface area contributed by atoms with Gasteiger partial charge in [-0.25, -0.2) is 0 Å². The molecule has 4 aromatic rings. The van der Waals surface area contributed by atoms with Crippen molar-refractivity contribution in [1.82, 2.24) is 10.2 Å². The van der Waals surface area contributed by atoms with Gasteiger partial charge in [0.1, 0.15) is 0 Å². The molecule has 0 radical (unpaired) electrons. The molecule has 0 unspecified atom stereocenters. The fourth-order valence-corrected chi connectivity index (χ4v) is 3.60. The highest BCUT2D eigenvalue weighted by molar-refractivity contribution is 6.16. The molecule has 7 heteroatoms. The number of nitrogens with zero attached hydrogens (tertiary/aromatic N) is 4. The summed E-state index contributed by atoms with van der Waals surface area (Å²) in [4.78, 5) is 17.8. The van der Waals surface area contributed by atoms with E-state index in [1.54, 1.807) is 24.3 Å². The number of ketones is 1. The van der Waals surface area contributed by atoms with Crippen LogP contribution in [0.5, 0.6) is 0 Å². The van der Waals surface area contributed by atoms with E-state index in [0.717, 1.165) is 22.4 Å². The number of benzene rings is 3. The topological polar surface area (TPSA) is 104 Å². The highest BCUT2D eigenvalue weighted by Crippen LogP contribution is 2.24. The van der Waals surface area contributed by atoms with Crippen LogP contribution in [0.2, 0.25) is 0 Å². The van der Waals surface area contributed by atoms with Gasteiger partial charge in [0.05, 0.1) is 17.3 Å². The summed E-state index contributed by atoms with van der Waals surface area (Å²) < 4.78 is 5.72. The summed E-state index contributed by atoms with van der Waals surface area (Å²) in [5.74, 6) is 0.190. The fourth-order valence-electron chi connectivity index (χ4n) is 3.60. The number of nitriles is 1. The number of hydrogen-bond acceptors (Lipinski definition) is 7. The predicted molar refractivity (Wildman–Crippen MR) is 119 cm³/mol. The number of carbonyl (C=O) groups is 1. The van der Waals surface area contributed by atoms with Crippen molar-refractivity contribution in [3.05, 3.63) is 101 Å². The molecule has 1 atom stereocenters. The molecule has 0 saturated heterocycles. The first-order chi connectivity index (χ1) is 15.7. The zero-order chi connectivity index (χ0) is 21.9. The second-order valence-electron chi connectivity index (χ2n) is 7.29. The second kappa shape index (κ2) is 8.28. The lowest BCUT2D eigenvalue weighted by atomic mass is 9.96. The van der Waals surface area contributed by atoms with Gasteiger partial charge in [-0.1, -0.05) is 59.7 Å². The molecule has 1 N–H and O–H groups in total. The summed E-state index contributed by atoms with van der Waals surface area (Å²) in [5, 5.41) is 20.0. The molecule has 0 saturated carbocycles. The van der Waals surface area contributed by atoms with Gasteiger partial charge in [-0.3, -0.25) is 9.79 Å². The van der Waals surface area contributed by atoms with Crippen LogP contribution in [0.15, 0.2) is 88.3 Å². The van der Waals surface area contributed by atoms with Crippen molar-refractivity contribution in [1.29, 1.82) is 5.26 Å². The highest BCUT2D eigenvalue weighted by atomic mass is 16.4. The van der Waals surface area contributed by atoms with Crippen molar-refractivity contribution < 1.29 is 9.21 Å². The molecule has 32 heavy (non-hydrogen) atoms. The van der Waals surface area contributed by atoms with E-state index in [9.17, 15) is 4.79 Å². The number of nitrogens with one attached hydrogen (secondary N) is 1. The molecule has 3 aromatic carbocycles. The number of aromatic nitrogens is 2. The van der Waals surface area contributed by atoms with Crippen LogP contribution in [-0.2, 0) is 11.2 Å². The monoisotopic (exact) mass is 419 g/mol. The average Bonchev–Trinajstić information content (AvgIpc) is 3.26. The smallest absolute Gasteiger partial charge is 0.317 e. The highest BCUT2D eigenvalue weighted by Gasteiger charge is 2.27. The van der Waals surface area contributed by atoms with Crippen molar-refractivity contribution in [2.75, 3.05) is 5.32 Å².